The van der Waals surface area contributed by atoms with Gasteiger partial charge in [0.25, 0.3) is 0 Å². The molecule has 27 heavy (non-hydrogen) atoms. The number of carbonyl (C=O) groups is 1. The maximum absolute atomic E-state index is 12.5. The predicted octanol–water partition coefficient (Wildman–Crippen LogP) is 3.21. The number of carbonyl (C=O) groups excluding carboxylic acids is 1. The summed E-state index contributed by atoms with van der Waals surface area (Å²) in [6.07, 6.45) is 5.04. The number of hydrogen-bond acceptors (Lipinski definition) is 4. The van der Waals surface area contributed by atoms with Gasteiger partial charge in [-0.15, -0.1) is 0 Å². The van der Waals surface area contributed by atoms with E-state index >= 15 is 0 Å². The van der Waals surface area contributed by atoms with Gasteiger partial charge in [0.2, 0.25) is 5.91 Å². The van der Waals surface area contributed by atoms with Gasteiger partial charge in [-0.3, -0.25) is 4.79 Å². The Morgan fingerprint density at radius 3 is 2.22 bits per heavy atom. The van der Waals surface area contributed by atoms with E-state index in [4.69, 9.17) is 0 Å². The highest BCUT2D eigenvalue weighted by Crippen LogP contribution is 2.35. The molecule has 0 aromatic heterocycles. The Labute approximate surface area is 163 Å². The van der Waals surface area contributed by atoms with Crippen LogP contribution in [0, 0.1) is 5.41 Å². The van der Waals surface area contributed by atoms with Crippen molar-refractivity contribution < 1.29 is 18.3 Å². The van der Waals surface area contributed by atoms with Gasteiger partial charge in [-0.25, -0.2) is 8.42 Å². The lowest BCUT2D eigenvalue weighted by atomic mass is 9.74. The number of amides is 1. The smallest absolute Gasteiger partial charge is 0.221 e. The van der Waals surface area contributed by atoms with E-state index in [1.54, 1.807) is 12.1 Å². The average molecular weight is 396 g/mol. The molecule has 1 fully saturated rings. The third-order valence-electron chi connectivity index (χ3n) is 5.59. The Kier molecular flexibility index (Phi) is 7.09. The van der Waals surface area contributed by atoms with Crippen LogP contribution in [-0.2, 0) is 20.0 Å². The molecule has 0 saturated heterocycles. The molecule has 1 aliphatic carbocycles. The summed E-state index contributed by atoms with van der Waals surface area (Å²) in [4.78, 5) is 12.4. The van der Waals surface area contributed by atoms with E-state index in [0.717, 1.165) is 31.2 Å². The Morgan fingerprint density at radius 2 is 1.70 bits per heavy atom. The molecule has 0 heterocycles. The zero-order chi connectivity index (χ0) is 20.1. The van der Waals surface area contributed by atoms with Crippen LogP contribution in [0.15, 0.2) is 29.2 Å². The molecular formula is C21H33NO4S. The summed E-state index contributed by atoms with van der Waals surface area (Å²) in [5, 5.41) is 12.5. The van der Waals surface area contributed by atoms with Gasteiger partial charge < -0.3 is 10.4 Å². The molecule has 5 nitrogen and oxygen atoms in total. The van der Waals surface area contributed by atoms with E-state index in [2.05, 4.69) is 26.1 Å². The van der Waals surface area contributed by atoms with Gasteiger partial charge in [0.15, 0.2) is 9.84 Å². The molecule has 2 N–H and O–H groups in total. The van der Waals surface area contributed by atoms with E-state index in [1.165, 1.54) is 6.42 Å². The summed E-state index contributed by atoms with van der Waals surface area (Å²) in [6.45, 7) is 6.71. The Balaban J connectivity index is 1.89. The largest absolute Gasteiger partial charge is 0.396 e. The van der Waals surface area contributed by atoms with Crippen LogP contribution in [0.1, 0.15) is 64.9 Å². The van der Waals surface area contributed by atoms with Crippen LogP contribution in [0.5, 0.6) is 0 Å². The van der Waals surface area contributed by atoms with Crippen molar-refractivity contribution in [3.05, 3.63) is 29.8 Å². The fourth-order valence-corrected chi connectivity index (χ4v) is 4.81. The van der Waals surface area contributed by atoms with Crippen LogP contribution in [0.2, 0.25) is 0 Å². The van der Waals surface area contributed by atoms with E-state index in [0.29, 0.717) is 6.54 Å². The SMILES string of the molecule is CC(C)(C)c1ccc(S(=O)(=O)CCC(=O)NCC2(CO)CCCCC2)cc1. The molecule has 0 aliphatic heterocycles. The number of aliphatic hydroxyl groups excluding tert-OH is 1. The molecule has 0 spiro atoms. The fraction of sp³-hybridized carbons (Fsp3) is 0.667. The molecule has 1 aromatic rings. The minimum atomic E-state index is -3.49. The summed E-state index contributed by atoms with van der Waals surface area (Å²) in [5.74, 6) is -0.483. The van der Waals surface area contributed by atoms with Crippen LogP contribution < -0.4 is 5.32 Å². The Bertz CT molecular complexity index is 726. The molecule has 0 radical (unpaired) electrons. The number of sulfone groups is 1. The molecule has 6 heteroatoms. The van der Waals surface area contributed by atoms with E-state index in [-0.39, 0.29) is 40.4 Å². The van der Waals surface area contributed by atoms with Gasteiger partial charge in [-0.1, -0.05) is 52.2 Å². The maximum Gasteiger partial charge on any atom is 0.221 e. The van der Waals surface area contributed by atoms with Crippen LogP contribution in [0.3, 0.4) is 0 Å². The quantitative estimate of drug-likeness (QED) is 0.743. The van der Waals surface area contributed by atoms with Crippen LogP contribution in [0.25, 0.3) is 0 Å². The monoisotopic (exact) mass is 395 g/mol. The minimum Gasteiger partial charge on any atom is -0.396 e. The van der Waals surface area contributed by atoms with Gasteiger partial charge in [0.05, 0.1) is 17.3 Å². The average Bonchev–Trinajstić information content (AvgIpc) is 2.65. The molecule has 1 amide bonds. The van der Waals surface area contributed by atoms with E-state index in [1.807, 2.05) is 12.1 Å². The standard InChI is InChI=1S/C21H33NO4S/c1-20(2,3)17-7-9-18(10-8-17)27(25,26)14-11-19(24)22-15-21(16-23)12-5-4-6-13-21/h7-10,23H,4-6,11-16H2,1-3H3,(H,22,24). The van der Waals surface area contributed by atoms with E-state index in [9.17, 15) is 18.3 Å². The highest BCUT2D eigenvalue weighted by atomic mass is 32.2. The Hall–Kier alpha value is -1.40. The highest BCUT2D eigenvalue weighted by Gasteiger charge is 2.31. The Morgan fingerprint density at radius 1 is 1.11 bits per heavy atom. The number of nitrogens with one attached hydrogen (secondary N) is 1. The van der Waals surface area contributed by atoms with Crippen molar-refractivity contribution in [2.24, 2.45) is 5.41 Å². The third-order valence-corrected chi connectivity index (χ3v) is 7.32. The summed E-state index contributed by atoms with van der Waals surface area (Å²) < 4.78 is 25.0. The lowest BCUT2D eigenvalue weighted by Crippen LogP contribution is -2.41. The van der Waals surface area contributed by atoms with Crippen molar-refractivity contribution in [1.82, 2.24) is 5.32 Å². The van der Waals surface area contributed by atoms with Crippen molar-refractivity contribution in [3.63, 3.8) is 0 Å². The first-order valence-corrected chi connectivity index (χ1v) is 11.4. The third kappa shape index (κ3) is 6.04. The normalized spacial score (nSPS) is 17.5. The van der Waals surface area contributed by atoms with Gasteiger partial charge in [0.1, 0.15) is 0 Å². The van der Waals surface area contributed by atoms with Crippen LogP contribution >= 0.6 is 0 Å². The predicted molar refractivity (Wildman–Crippen MR) is 107 cm³/mol. The summed E-state index contributed by atoms with van der Waals surface area (Å²) >= 11 is 0. The van der Waals surface area contributed by atoms with Crippen molar-refractivity contribution >= 4 is 15.7 Å². The lowest BCUT2D eigenvalue weighted by Gasteiger charge is -2.35. The fourth-order valence-electron chi connectivity index (χ4n) is 3.57. The van der Waals surface area contributed by atoms with Crippen molar-refractivity contribution in [2.75, 3.05) is 18.9 Å². The molecule has 1 saturated carbocycles. The van der Waals surface area contributed by atoms with Gasteiger partial charge >= 0.3 is 0 Å². The number of rotatable bonds is 7. The highest BCUT2D eigenvalue weighted by molar-refractivity contribution is 7.91. The minimum absolute atomic E-state index is 0.0377. The van der Waals surface area contributed by atoms with E-state index < -0.39 is 9.84 Å². The number of hydrogen-bond donors (Lipinski definition) is 2. The molecule has 152 valence electrons. The summed E-state index contributed by atoms with van der Waals surface area (Å²) in [7, 11) is -3.49. The topological polar surface area (TPSA) is 83.5 Å². The van der Waals surface area contributed by atoms with Crippen LogP contribution in [0.4, 0.5) is 0 Å². The second-order valence-corrected chi connectivity index (χ2v) is 10.9. The van der Waals surface area contributed by atoms with Gasteiger partial charge in [-0.05, 0) is 36.0 Å². The molecule has 0 atom stereocenters. The molecule has 2 rings (SSSR count). The lowest BCUT2D eigenvalue weighted by molar-refractivity contribution is -0.121. The molecule has 1 aromatic carbocycles. The van der Waals surface area contributed by atoms with Crippen molar-refractivity contribution in [2.45, 2.75) is 69.6 Å². The summed E-state index contributed by atoms with van der Waals surface area (Å²) in [5.41, 5.74) is 0.792. The van der Waals surface area contributed by atoms with Crippen LogP contribution in [-0.4, -0.2) is 38.3 Å². The second kappa shape index (κ2) is 8.74. The maximum atomic E-state index is 12.5. The second-order valence-electron chi connectivity index (χ2n) is 8.84. The van der Waals surface area contributed by atoms with Gasteiger partial charge in [-0.2, -0.15) is 0 Å². The zero-order valence-corrected chi connectivity index (χ0v) is 17.6. The molecular weight excluding hydrogens is 362 g/mol. The first kappa shape index (κ1) is 21.9. The first-order valence-electron chi connectivity index (χ1n) is 9.79. The number of aliphatic hydroxyl groups is 1. The number of benzene rings is 1. The summed E-state index contributed by atoms with van der Waals surface area (Å²) in [6, 6.07) is 6.91. The van der Waals surface area contributed by atoms with Crippen molar-refractivity contribution in [1.29, 1.82) is 0 Å². The van der Waals surface area contributed by atoms with Gasteiger partial charge in [0, 0.05) is 18.4 Å². The molecule has 0 bridgehead atoms. The molecule has 1 aliphatic rings. The zero-order valence-electron chi connectivity index (χ0n) is 16.8. The first-order chi connectivity index (χ1) is 12.6. The molecule has 0 unspecified atom stereocenters. The van der Waals surface area contributed by atoms with Crippen molar-refractivity contribution in [3.8, 4) is 0 Å².